The topological polar surface area (TPSA) is 86.3 Å². The summed E-state index contributed by atoms with van der Waals surface area (Å²) in [5.41, 5.74) is 3.44. The van der Waals surface area contributed by atoms with Crippen LogP contribution in [-0.2, 0) is 16.0 Å². The summed E-state index contributed by atoms with van der Waals surface area (Å²) in [6.45, 7) is 7.18. The Morgan fingerprint density at radius 2 is 1.73 bits per heavy atom. The lowest BCUT2D eigenvalue weighted by Gasteiger charge is -2.37. The van der Waals surface area contributed by atoms with Crippen LogP contribution in [0.5, 0.6) is 17.2 Å². The van der Waals surface area contributed by atoms with Gasteiger partial charge < -0.3 is 29.2 Å². The Balaban J connectivity index is 1.98. The van der Waals surface area contributed by atoms with E-state index >= 15 is 0 Å². The van der Waals surface area contributed by atoms with Gasteiger partial charge in [-0.1, -0.05) is 6.07 Å². The molecule has 1 N–H and O–H groups in total. The summed E-state index contributed by atoms with van der Waals surface area (Å²) in [5, 5.41) is 2.95. The normalized spacial score (nSPS) is 14.8. The van der Waals surface area contributed by atoms with Crippen molar-refractivity contribution < 1.29 is 28.5 Å². The maximum atomic E-state index is 13.4. The summed E-state index contributed by atoms with van der Waals surface area (Å²) >= 11 is 0. The second kappa shape index (κ2) is 10.9. The van der Waals surface area contributed by atoms with Crippen LogP contribution < -0.4 is 19.5 Å². The van der Waals surface area contributed by atoms with E-state index in [2.05, 4.69) is 5.32 Å². The molecule has 0 radical (unpaired) electrons. The summed E-state index contributed by atoms with van der Waals surface area (Å²) in [4.78, 5) is 27.3. The minimum absolute atomic E-state index is 0.0292. The summed E-state index contributed by atoms with van der Waals surface area (Å²) < 4.78 is 21.9. The van der Waals surface area contributed by atoms with Gasteiger partial charge in [-0.25, -0.2) is 4.79 Å². The number of carbonyl (C=O) groups excluding carboxylic acids is 2. The number of anilines is 1. The van der Waals surface area contributed by atoms with Crippen LogP contribution in [0.15, 0.2) is 30.3 Å². The molecule has 0 aromatic heterocycles. The maximum absolute atomic E-state index is 13.4. The first-order valence-corrected chi connectivity index (χ1v) is 11.1. The molecular weight excluding hydrogens is 424 g/mol. The molecule has 1 aliphatic rings. The number of urea groups is 1. The Morgan fingerprint density at radius 3 is 2.36 bits per heavy atom. The smallest absolute Gasteiger partial charge is 0.322 e. The highest BCUT2D eigenvalue weighted by molar-refractivity contribution is 5.92. The first-order chi connectivity index (χ1) is 15.9. The van der Waals surface area contributed by atoms with Crippen LogP contribution >= 0.6 is 0 Å². The highest BCUT2D eigenvalue weighted by Crippen LogP contribution is 2.40. The highest BCUT2D eigenvalue weighted by atomic mass is 16.5. The van der Waals surface area contributed by atoms with Crippen molar-refractivity contribution in [3.63, 3.8) is 0 Å². The molecule has 1 atom stereocenters. The van der Waals surface area contributed by atoms with Crippen molar-refractivity contribution in [2.75, 3.05) is 39.3 Å². The summed E-state index contributed by atoms with van der Waals surface area (Å²) in [7, 11) is 2.90. The third-order valence-corrected chi connectivity index (χ3v) is 5.61. The zero-order valence-electron chi connectivity index (χ0n) is 19.9. The lowest BCUT2D eigenvalue weighted by atomic mass is 9.90. The fourth-order valence-corrected chi connectivity index (χ4v) is 4.06. The molecule has 2 aromatic rings. The quantitative estimate of drug-likeness (QED) is 0.589. The van der Waals surface area contributed by atoms with Gasteiger partial charge in [0.05, 0.1) is 45.6 Å². The number of aryl methyl sites for hydroxylation is 1. The largest absolute Gasteiger partial charge is 0.495 e. The second-order valence-corrected chi connectivity index (χ2v) is 7.74. The Bertz CT molecular complexity index is 1010. The van der Waals surface area contributed by atoms with Crippen molar-refractivity contribution in [2.45, 2.75) is 39.7 Å². The molecule has 0 fully saturated rings. The molecule has 8 heteroatoms. The van der Waals surface area contributed by atoms with Gasteiger partial charge in [-0.15, -0.1) is 0 Å². The van der Waals surface area contributed by atoms with Crippen LogP contribution in [0.2, 0.25) is 0 Å². The van der Waals surface area contributed by atoms with E-state index in [1.807, 2.05) is 51.1 Å². The van der Waals surface area contributed by atoms with Crippen molar-refractivity contribution >= 4 is 17.7 Å². The number of nitrogens with zero attached hydrogens (tertiary/aromatic N) is 1. The first kappa shape index (κ1) is 24.2. The van der Waals surface area contributed by atoms with Crippen LogP contribution in [0.4, 0.5) is 10.5 Å². The standard InChI is InChI=1S/C25H32N2O6/c1-6-32-22-13-17-10-11-27(25(29)26-19-12-16(3)8-9-21(19)30-4)20(15-24(28)31-5)18(17)14-23(22)33-7-2/h8-9,12-14,20H,6-7,10-11,15H2,1-5H3,(H,26,29)/t20-/m1/s1. The molecule has 3 rings (SSSR count). The van der Waals surface area contributed by atoms with E-state index in [1.165, 1.54) is 7.11 Å². The van der Waals surface area contributed by atoms with E-state index in [0.717, 1.165) is 16.7 Å². The van der Waals surface area contributed by atoms with Gasteiger partial charge in [0.25, 0.3) is 0 Å². The Kier molecular flexibility index (Phi) is 8.03. The first-order valence-electron chi connectivity index (χ1n) is 11.1. The number of rotatable bonds is 8. The van der Waals surface area contributed by atoms with Gasteiger partial charge in [-0.05, 0) is 68.1 Å². The molecule has 178 valence electrons. The van der Waals surface area contributed by atoms with Crippen LogP contribution in [0.25, 0.3) is 0 Å². The predicted octanol–water partition coefficient (Wildman–Crippen LogP) is 4.50. The summed E-state index contributed by atoms with van der Waals surface area (Å²) in [6.07, 6.45) is 0.652. The molecule has 0 unspecified atom stereocenters. The SMILES string of the molecule is CCOc1cc2c(cc1OCC)[C@@H](CC(=O)OC)N(C(=O)Nc1cc(C)ccc1OC)CC2. The molecule has 2 aromatic carbocycles. The molecule has 0 saturated carbocycles. The second-order valence-electron chi connectivity index (χ2n) is 7.74. The fraction of sp³-hybridized carbons (Fsp3) is 0.440. The van der Waals surface area contributed by atoms with Crippen molar-refractivity contribution in [3.8, 4) is 17.2 Å². The van der Waals surface area contributed by atoms with Crippen molar-refractivity contribution in [3.05, 3.63) is 47.0 Å². The van der Waals surface area contributed by atoms with Crippen LogP contribution in [0.3, 0.4) is 0 Å². The number of amides is 2. The molecule has 0 spiro atoms. The van der Waals surface area contributed by atoms with Crippen LogP contribution in [0.1, 0.15) is 43.0 Å². The number of esters is 1. The maximum Gasteiger partial charge on any atom is 0.322 e. The molecule has 1 aliphatic heterocycles. The molecular formula is C25H32N2O6. The number of benzene rings is 2. The number of nitrogens with one attached hydrogen (secondary N) is 1. The Labute approximate surface area is 194 Å². The number of fused-ring (bicyclic) bond motifs is 1. The summed E-state index contributed by atoms with van der Waals surface area (Å²) in [6, 6.07) is 8.59. The molecule has 8 nitrogen and oxygen atoms in total. The minimum Gasteiger partial charge on any atom is -0.495 e. The van der Waals surface area contributed by atoms with Crippen molar-refractivity contribution in [1.82, 2.24) is 4.90 Å². The number of hydrogen-bond acceptors (Lipinski definition) is 6. The third kappa shape index (κ3) is 5.50. The average Bonchev–Trinajstić information content (AvgIpc) is 2.80. The van der Waals surface area contributed by atoms with Gasteiger partial charge in [-0.2, -0.15) is 0 Å². The number of ether oxygens (including phenoxy) is 4. The summed E-state index contributed by atoms with van der Waals surface area (Å²) in [5.74, 6) is 1.43. The third-order valence-electron chi connectivity index (χ3n) is 5.61. The molecule has 1 heterocycles. The Hall–Kier alpha value is -3.42. The molecule has 33 heavy (non-hydrogen) atoms. The van der Waals surface area contributed by atoms with E-state index in [1.54, 1.807) is 12.0 Å². The molecule has 0 bridgehead atoms. The van der Waals surface area contributed by atoms with E-state index in [4.69, 9.17) is 18.9 Å². The van der Waals surface area contributed by atoms with Crippen molar-refractivity contribution in [2.24, 2.45) is 0 Å². The van der Waals surface area contributed by atoms with Crippen LogP contribution in [0, 0.1) is 6.92 Å². The molecule has 2 amide bonds. The zero-order chi connectivity index (χ0) is 24.0. The highest BCUT2D eigenvalue weighted by Gasteiger charge is 2.34. The number of carbonyl (C=O) groups is 2. The fourth-order valence-electron chi connectivity index (χ4n) is 4.06. The number of hydrogen-bond donors (Lipinski definition) is 1. The van der Waals surface area contributed by atoms with Gasteiger partial charge in [-0.3, -0.25) is 4.79 Å². The Morgan fingerprint density at radius 1 is 1.03 bits per heavy atom. The molecule has 0 saturated heterocycles. The van der Waals surface area contributed by atoms with Gasteiger partial charge in [0.1, 0.15) is 5.75 Å². The van der Waals surface area contributed by atoms with Gasteiger partial charge in [0.15, 0.2) is 11.5 Å². The predicted molar refractivity (Wildman–Crippen MR) is 125 cm³/mol. The van der Waals surface area contributed by atoms with E-state index < -0.39 is 12.0 Å². The van der Waals surface area contributed by atoms with E-state index in [-0.39, 0.29) is 12.5 Å². The number of methoxy groups -OCH3 is 2. The monoisotopic (exact) mass is 456 g/mol. The van der Waals surface area contributed by atoms with Crippen molar-refractivity contribution in [1.29, 1.82) is 0 Å². The van der Waals surface area contributed by atoms with Gasteiger partial charge in [0.2, 0.25) is 0 Å². The lowest BCUT2D eigenvalue weighted by Crippen LogP contribution is -2.43. The van der Waals surface area contributed by atoms with E-state index in [0.29, 0.717) is 49.1 Å². The minimum atomic E-state index is -0.508. The van der Waals surface area contributed by atoms with E-state index in [9.17, 15) is 9.59 Å². The lowest BCUT2D eigenvalue weighted by molar-refractivity contribution is -0.141. The average molecular weight is 457 g/mol. The molecule has 0 aliphatic carbocycles. The van der Waals surface area contributed by atoms with Gasteiger partial charge in [0, 0.05) is 6.54 Å². The zero-order valence-corrected chi connectivity index (χ0v) is 19.9. The van der Waals surface area contributed by atoms with Gasteiger partial charge >= 0.3 is 12.0 Å². The van der Waals surface area contributed by atoms with Crippen LogP contribution in [-0.4, -0.2) is 50.9 Å².